The van der Waals surface area contributed by atoms with Gasteiger partial charge in [-0.1, -0.05) is 11.6 Å². The molecule has 0 atom stereocenters. The molecule has 0 unspecified atom stereocenters. The maximum absolute atomic E-state index is 13.3. The van der Waals surface area contributed by atoms with Crippen molar-refractivity contribution in [3.8, 4) is 0 Å². The van der Waals surface area contributed by atoms with E-state index >= 15 is 0 Å². The molecule has 1 amide bonds. The van der Waals surface area contributed by atoms with Gasteiger partial charge in [0.25, 0.3) is 5.91 Å². The number of amides is 1. The smallest absolute Gasteiger partial charge is 0.255 e. The van der Waals surface area contributed by atoms with E-state index in [1.54, 1.807) is 6.07 Å². The zero-order valence-electron chi connectivity index (χ0n) is 9.25. The van der Waals surface area contributed by atoms with Gasteiger partial charge in [-0.15, -0.1) is 0 Å². The van der Waals surface area contributed by atoms with Crippen LogP contribution in [-0.4, -0.2) is 10.9 Å². The molecule has 0 aliphatic heterocycles. The first-order chi connectivity index (χ1) is 8.97. The highest BCUT2D eigenvalue weighted by Crippen LogP contribution is 2.23. The van der Waals surface area contributed by atoms with Gasteiger partial charge in [0, 0.05) is 10.0 Å². The number of carbonyl (C=O) groups excluding carboxylic acids is 1. The van der Waals surface area contributed by atoms with Gasteiger partial charge in [-0.25, -0.2) is 0 Å². The standard InChI is InChI=1S/C12H6BrClF2N2O/c13-7-2-1-6(5-8(7)14)12(19)17-9-3-4-10(15)18-11(9)16/h1-5H,(H,17,19). The summed E-state index contributed by atoms with van der Waals surface area (Å²) in [6, 6.07) is 6.58. The molecule has 0 aliphatic rings. The molecule has 0 spiro atoms. The van der Waals surface area contributed by atoms with Gasteiger partial charge in [0.2, 0.25) is 11.9 Å². The van der Waals surface area contributed by atoms with E-state index in [-0.39, 0.29) is 11.3 Å². The van der Waals surface area contributed by atoms with E-state index in [2.05, 4.69) is 26.2 Å². The Balaban J connectivity index is 2.23. The zero-order chi connectivity index (χ0) is 14.0. The lowest BCUT2D eigenvalue weighted by Gasteiger charge is -2.06. The fourth-order valence-corrected chi connectivity index (χ4v) is 1.76. The number of halogens is 4. The Kier molecular flexibility index (Phi) is 4.11. The molecule has 1 aromatic heterocycles. The van der Waals surface area contributed by atoms with E-state index < -0.39 is 17.8 Å². The molecule has 0 radical (unpaired) electrons. The average Bonchev–Trinajstić information content (AvgIpc) is 2.36. The van der Waals surface area contributed by atoms with Crippen molar-refractivity contribution < 1.29 is 13.6 Å². The Morgan fingerprint density at radius 3 is 2.63 bits per heavy atom. The third-order valence-corrected chi connectivity index (χ3v) is 3.48. The van der Waals surface area contributed by atoms with Crippen LogP contribution in [0.25, 0.3) is 0 Å². The number of benzene rings is 1. The van der Waals surface area contributed by atoms with Crippen molar-refractivity contribution in [1.82, 2.24) is 4.98 Å². The summed E-state index contributed by atoms with van der Waals surface area (Å²) in [7, 11) is 0. The van der Waals surface area contributed by atoms with Crippen molar-refractivity contribution >= 4 is 39.1 Å². The fourth-order valence-electron chi connectivity index (χ4n) is 1.34. The van der Waals surface area contributed by atoms with E-state index in [4.69, 9.17) is 11.6 Å². The van der Waals surface area contributed by atoms with Crippen LogP contribution in [0, 0.1) is 11.9 Å². The molecule has 7 heteroatoms. The van der Waals surface area contributed by atoms with Gasteiger partial charge in [-0.3, -0.25) is 4.79 Å². The molecule has 0 fully saturated rings. The highest BCUT2D eigenvalue weighted by atomic mass is 79.9. The minimum atomic E-state index is -1.09. The maximum atomic E-state index is 13.3. The summed E-state index contributed by atoms with van der Waals surface area (Å²) < 4.78 is 26.5. The Hall–Kier alpha value is -1.53. The van der Waals surface area contributed by atoms with Gasteiger partial charge in [0.15, 0.2) is 0 Å². The second-order valence-electron chi connectivity index (χ2n) is 3.56. The minimum Gasteiger partial charge on any atom is -0.318 e. The first-order valence-electron chi connectivity index (χ1n) is 5.06. The maximum Gasteiger partial charge on any atom is 0.255 e. The lowest BCUT2D eigenvalue weighted by Crippen LogP contribution is -2.13. The summed E-state index contributed by atoms with van der Waals surface area (Å²) in [5.41, 5.74) is 0.0439. The highest BCUT2D eigenvalue weighted by molar-refractivity contribution is 9.10. The van der Waals surface area contributed by atoms with Crippen molar-refractivity contribution in [1.29, 1.82) is 0 Å². The van der Waals surface area contributed by atoms with Gasteiger partial charge in [0.1, 0.15) is 0 Å². The monoisotopic (exact) mass is 346 g/mol. The molecule has 98 valence electrons. The van der Waals surface area contributed by atoms with Crippen LogP contribution >= 0.6 is 27.5 Å². The zero-order valence-corrected chi connectivity index (χ0v) is 11.6. The molecule has 1 heterocycles. The van der Waals surface area contributed by atoms with Crippen LogP contribution in [0.2, 0.25) is 5.02 Å². The summed E-state index contributed by atoms with van der Waals surface area (Å²) in [5.74, 6) is -2.61. The van der Waals surface area contributed by atoms with Crippen molar-refractivity contribution in [2.75, 3.05) is 5.32 Å². The molecule has 0 bridgehead atoms. The van der Waals surface area contributed by atoms with E-state index in [0.717, 1.165) is 12.1 Å². The van der Waals surface area contributed by atoms with E-state index in [1.165, 1.54) is 12.1 Å². The number of aromatic nitrogens is 1. The Morgan fingerprint density at radius 2 is 2.00 bits per heavy atom. The molecule has 0 aliphatic carbocycles. The lowest BCUT2D eigenvalue weighted by molar-refractivity contribution is 0.102. The Bertz CT molecular complexity index is 652. The normalized spacial score (nSPS) is 10.3. The number of pyridine rings is 1. The first kappa shape index (κ1) is 13.9. The van der Waals surface area contributed by atoms with Crippen molar-refractivity contribution in [3.63, 3.8) is 0 Å². The molecule has 2 rings (SSSR count). The molecule has 19 heavy (non-hydrogen) atoms. The van der Waals surface area contributed by atoms with Crippen LogP contribution in [0.1, 0.15) is 10.4 Å². The van der Waals surface area contributed by atoms with Gasteiger partial charge >= 0.3 is 0 Å². The second-order valence-corrected chi connectivity index (χ2v) is 4.82. The largest absolute Gasteiger partial charge is 0.318 e. The van der Waals surface area contributed by atoms with Gasteiger partial charge in [-0.2, -0.15) is 13.8 Å². The quantitative estimate of drug-likeness (QED) is 0.834. The summed E-state index contributed by atoms with van der Waals surface area (Å²) in [6.07, 6.45) is 0. The van der Waals surface area contributed by atoms with Crippen LogP contribution in [0.15, 0.2) is 34.8 Å². The Morgan fingerprint density at radius 1 is 1.26 bits per heavy atom. The molecule has 3 nitrogen and oxygen atoms in total. The molecule has 0 saturated heterocycles. The molecular weight excluding hydrogens is 341 g/mol. The number of carbonyl (C=O) groups is 1. The van der Waals surface area contributed by atoms with Crippen LogP contribution in [0.3, 0.4) is 0 Å². The van der Waals surface area contributed by atoms with Crippen molar-refractivity contribution in [3.05, 3.63) is 57.3 Å². The predicted octanol–water partition coefficient (Wildman–Crippen LogP) is 4.03. The minimum absolute atomic E-state index is 0.203. The number of nitrogens with one attached hydrogen (secondary N) is 1. The predicted molar refractivity (Wildman–Crippen MR) is 71.3 cm³/mol. The van der Waals surface area contributed by atoms with Crippen LogP contribution < -0.4 is 5.32 Å². The molecule has 1 aromatic carbocycles. The van der Waals surface area contributed by atoms with E-state index in [9.17, 15) is 13.6 Å². The number of hydrogen-bond acceptors (Lipinski definition) is 2. The van der Waals surface area contributed by atoms with Crippen molar-refractivity contribution in [2.24, 2.45) is 0 Å². The summed E-state index contributed by atoms with van der Waals surface area (Å²) in [4.78, 5) is 14.8. The third kappa shape index (κ3) is 3.27. The second kappa shape index (κ2) is 5.63. The van der Waals surface area contributed by atoms with Gasteiger partial charge in [-0.05, 0) is 46.3 Å². The number of anilines is 1. The number of rotatable bonds is 2. The van der Waals surface area contributed by atoms with Crippen LogP contribution in [0.4, 0.5) is 14.5 Å². The third-order valence-electron chi connectivity index (χ3n) is 2.24. The Labute approximate surface area is 120 Å². The van der Waals surface area contributed by atoms with Gasteiger partial charge in [0.05, 0.1) is 10.7 Å². The van der Waals surface area contributed by atoms with Gasteiger partial charge < -0.3 is 5.32 Å². The van der Waals surface area contributed by atoms with Crippen molar-refractivity contribution in [2.45, 2.75) is 0 Å². The number of hydrogen-bond donors (Lipinski definition) is 1. The topological polar surface area (TPSA) is 42.0 Å². The first-order valence-corrected chi connectivity index (χ1v) is 6.23. The molecular formula is C12H6BrClF2N2O. The summed E-state index contributed by atoms with van der Waals surface area (Å²) in [6.45, 7) is 0. The summed E-state index contributed by atoms with van der Waals surface area (Å²) in [5, 5.41) is 2.64. The fraction of sp³-hybridized carbons (Fsp3) is 0. The van der Waals surface area contributed by atoms with E-state index in [1.807, 2.05) is 0 Å². The number of nitrogens with zero attached hydrogens (tertiary/aromatic N) is 1. The molecule has 1 N–H and O–H groups in total. The van der Waals surface area contributed by atoms with Crippen LogP contribution in [-0.2, 0) is 0 Å². The molecule has 0 saturated carbocycles. The summed E-state index contributed by atoms with van der Waals surface area (Å²) >= 11 is 9.04. The van der Waals surface area contributed by atoms with E-state index in [0.29, 0.717) is 9.50 Å². The molecule has 2 aromatic rings. The lowest BCUT2D eigenvalue weighted by atomic mass is 10.2. The van der Waals surface area contributed by atoms with Crippen LogP contribution in [0.5, 0.6) is 0 Å². The average molecular weight is 348 g/mol. The SMILES string of the molecule is O=C(Nc1ccc(F)nc1F)c1ccc(Br)c(Cl)c1. The highest BCUT2D eigenvalue weighted by Gasteiger charge is 2.12.